The van der Waals surface area contributed by atoms with Crippen LogP contribution < -0.4 is 10.6 Å². The van der Waals surface area contributed by atoms with Gasteiger partial charge in [0.2, 0.25) is 0 Å². The predicted octanol–water partition coefficient (Wildman–Crippen LogP) is 2.96. The fourth-order valence-corrected chi connectivity index (χ4v) is 2.93. The summed E-state index contributed by atoms with van der Waals surface area (Å²) in [6, 6.07) is 9.32. The highest BCUT2D eigenvalue weighted by Crippen LogP contribution is 2.15. The van der Waals surface area contributed by atoms with Crippen LogP contribution >= 0.6 is 0 Å². The molecule has 0 aliphatic carbocycles. The minimum absolute atomic E-state index is 0.0401. The molecular weight excluding hydrogens is 335 g/mol. The third-order valence-electron chi connectivity index (χ3n) is 4.47. The third kappa shape index (κ3) is 4.17. The zero-order chi connectivity index (χ0) is 18.5. The van der Waals surface area contributed by atoms with Gasteiger partial charge in [-0.15, -0.1) is 0 Å². The van der Waals surface area contributed by atoms with Crippen LogP contribution in [0.1, 0.15) is 28.8 Å². The van der Waals surface area contributed by atoms with E-state index < -0.39 is 11.7 Å². The number of nitrogens with zero attached hydrogens (tertiary/aromatic N) is 2. The first kappa shape index (κ1) is 17.8. The number of halogens is 1. The summed E-state index contributed by atoms with van der Waals surface area (Å²) in [4.78, 5) is 30.4. The second-order valence-corrected chi connectivity index (χ2v) is 6.31. The summed E-state index contributed by atoms with van der Waals surface area (Å²) in [5, 5.41) is 5.65. The smallest absolute Gasteiger partial charge is 0.323 e. The van der Waals surface area contributed by atoms with E-state index in [1.54, 1.807) is 23.2 Å². The fourth-order valence-electron chi connectivity index (χ4n) is 2.93. The standard InChI is InChI=1S/C19H21FN4O2/c1-13-5-4-10-21-17(13)23-19(26)24-11-8-14(9-12-24)22-18(25)15-6-2-3-7-16(15)20/h2-7,10,14H,8-9,11-12H2,1H3,(H,22,25)(H,21,23,26). The molecule has 2 heterocycles. The molecule has 1 saturated heterocycles. The van der Waals surface area contributed by atoms with Crippen molar-refractivity contribution in [1.82, 2.24) is 15.2 Å². The number of likely N-dealkylation sites (tertiary alicyclic amines) is 1. The van der Waals surface area contributed by atoms with Crippen molar-refractivity contribution in [3.63, 3.8) is 0 Å². The molecule has 1 fully saturated rings. The van der Waals surface area contributed by atoms with Gasteiger partial charge in [0.25, 0.3) is 5.91 Å². The molecule has 0 bridgehead atoms. The second kappa shape index (κ2) is 7.95. The maximum atomic E-state index is 13.7. The number of aromatic nitrogens is 1. The van der Waals surface area contributed by atoms with E-state index in [1.807, 2.05) is 19.1 Å². The normalized spacial score (nSPS) is 14.8. The molecule has 3 amide bonds. The number of rotatable bonds is 3. The summed E-state index contributed by atoms with van der Waals surface area (Å²) < 4.78 is 13.7. The van der Waals surface area contributed by atoms with Gasteiger partial charge in [0.1, 0.15) is 11.6 Å². The molecule has 2 N–H and O–H groups in total. The van der Waals surface area contributed by atoms with Crippen molar-refractivity contribution in [1.29, 1.82) is 0 Å². The van der Waals surface area contributed by atoms with Gasteiger partial charge in [0.15, 0.2) is 0 Å². The van der Waals surface area contributed by atoms with E-state index in [0.29, 0.717) is 31.7 Å². The molecule has 1 aliphatic heterocycles. The van der Waals surface area contributed by atoms with E-state index in [1.165, 1.54) is 12.1 Å². The maximum Gasteiger partial charge on any atom is 0.323 e. The van der Waals surface area contributed by atoms with Crippen LogP contribution in [0.3, 0.4) is 0 Å². The predicted molar refractivity (Wildman–Crippen MR) is 96.5 cm³/mol. The Morgan fingerprint density at radius 1 is 1.15 bits per heavy atom. The molecule has 1 aliphatic rings. The lowest BCUT2D eigenvalue weighted by Gasteiger charge is -2.32. The zero-order valence-corrected chi connectivity index (χ0v) is 14.5. The van der Waals surface area contributed by atoms with Crippen LogP contribution in [0, 0.1) is 12.7 Å². The third-order valence-corrected chi connectivity index (χ3v) is 4.47. The monoisotopic (exact) mass is 356 g/mol. The number of hydrogen-bond donors (Lipinski definition) is 2. The molecule has 0 unspecified atom stereocenters. The Kier molecular flexibility index (Phi) is 5.46. The highest BCUT2D eigenvalue weighted by molar-refractivity contribution is 5.94. The number of carbonyl (C=O) groups excluding carboxylic acids is 2. The zero-order valence-electron chi connectivity index (χ0n) is 14.5. The fraction of sp³-hybridized carbons (Fsp3) is 0.316. The molecule has 7 heteroatoms. The molecular formula is C19H21FN4O2. The number of amides is 3. The van der Waals surface area contributed by atoms with Gasteiger partial charge in [-0.05, 0) is 43.5 Å². The molecule has 26 heavy (non-hydrogen) atoms. The van der Waals surface area contributed by atoms with E-state index in [2.05, 4.69) is 15.6 Å². The summed E-state index contributed by atoms with van der Waals surface area (Å²) >= 11 is 0. The number of anilines is 1. The number of nitrogens with one attached hydrogen (secondary N) is 2. The number of urea groups is 1. The number of hydrogen-bond acceptors (Lipinski definition) is 3. The number of pyridine rings is 1. The highest BCUT2D eigenvalue weighted by Gasteiger charge is 2.25. The lowest BCUT2D eigenvalue weighted by Crippen LogP contribution is -2.47. The number of carbonyl (C=O) groups is 2. The Labute approximate surface area is 151 Å². The van der Waals surface area contributed by atoms with Crippen LogP contribution in [0.5, 0.6) is 0 Å². The van der Waals surface area contributed by atoms with E-state index >= 15 is 0 Å². The van der Waals surface area contributed by atoms with Gasteiger partial charge in [0.05, 0.1) is 5.56 Å². The minimum Gasteiger partial charge on any atom is -0.349 e. The number of aryl methyl sites for hydroxylation is 1. The van der Waals surface area contributed by atoms with Gasteiger partial charge in [-0.2, -0.15) is 0 Å². The number of piperidine rings is 1. The Morgan fingerprint density at radius 3 is 2.58 bits per heavy atom. The molecule has 0 atom stereocenters. The SMILES string of the molecule is Cc1cccnc1NC(=O)N1CCC(NC(=O)c2ccccc2F)CC1. The quantitative estimate of drug-likeness (QED) is 0.888. The van der Waals surface area contributed by atoms with Crippen LogP contribution in [0.2, 0.25) is 0 Å². The average molecular weight is 356 g/mol. The topological polar surface area (TPSA) is 74.3 Å². The lowest BCUT2D eigenvalue weighted by atomic mass is 10.0. The van der Waals surface area contributed by atoms with E-state index in [4.69, 9.17) is 0 Å². The first-order valence-electron chi connectivity index (χ1n) is 8.57. The molecule has 1 aromatic heterocycles. The van der Waals surface area contributed by atoms with Gasteiger partial charge in [-0.25, -0.2) is 14.2 Å². The van der Waals surface area contributed by atoms with Crippen molar-refractivity contribution < 1.29 is 14.0 Å². The largest absolute Gasteiger partial charge is 0.349 e. The second-order valence-electron chi connectivity index (χ2n) is 6.31. The summed E-state index contributed by atoms with van der Waals surface area (Å²) in [5.74, 6) is -0.407. The van der Waals surface area contributed by atoms with Gasteiger partial charge >= 0.3 is 6.03 Å². The first-order valence-corrected chi connectivity index (χ1v) is 8.57. The maximum absolute atomic E-state index is 13.7. The summed E-state index contributed by atoms with van der Waals surface area (Å²) in [6.07, 6.45) is 2.87. The number of benzene rings is 1. The highest BCUT2D eigenvalue weighted by atomic mass is 19.1. The van der Waals surface area contributed by atoms with Crippen molar-refractivity contribution in [3.05, 3.63) is 59.5 Å². The van der Waals surface area contributed by atoms with E-state index in [0.717, 1.165) is 5.56 Å². The summed E-state index contributed by atoms with van der Waals surface area (Å²) in [6.45, 7) is 2.91. The molecule has 0 radical (unpaired) electrons. The summed E-state index contributed by atoms with van der Waals surface area (Å²) in [5.41, 5.74) is 0.936. The van der Waals surface area contributed by atoms with Gasteiger partial charge in [0, 0.05) is 25.3 Å². The van der Waals surface area contributed by atoms with Gasteiger partial charge in [-0.1, -0.05) is 18.2 Å². The van der Waals surface area contributed by atoms with Gasteiger partial charge < -0.3 is 10.2 Å². The van der Waals surface area contributed by atoms with Crippen LogP contribution in [0.25, 0.3) is 0 Å². The molecule has 136 valence electrons. The summed E-state index contributed by atoms with van der Waals surface area (Å²) in [7, 11) is 0. The Bertz CT molecular complexity index is 804. The molecule has 1 aromatic carbocycles. The molecule has 0 spiro atoms. The molecule has 6 nitrogen and oxygen atoms in total. The molecule has 3 rings (SSSR count). The Morgan fingerprint density at radius 2 is 1.88 bits per heavy atom. The molecule has 0 saturated carbocycles. The Balaban J connectivity index is 1.51. The Hall–Kier alpha value is -2.96. The van der Waals surface area contributed by atoms with Crippen LogP contribution in [0.4, 0.5) is 15.0 Å². The van der Waals surface area contributed by atoms with Gasteiger partial charge in [-0.3, -0.25) is 10.1 Å². The van der Waals surface area contributed by atoms with Crippen LogP contribution in [0.15, 0.2) is 42.6 Å². The van der Waals surface area contributed by atoms with Crippen molar-refractivity contribution in [2.24, 2.45) is 0 Å². The minimum atomic E-state index is -0.535. The van der Waals surface area contributed by atoms with Crippen molar-refractivity contribution >= 4 is 17.8 Å². The van der Waals surface area contributed by atoms with Crippen LogP contribution in [-0.2, 0) is 0 Å². The average Bonchev–Trinajstić information content (AvgIpc) is 2.64. The van der Waals surface area contributed by atoms with Crippen LogP contribution in [-0.4, -0.2) is 41.0 Å². The first-order chi connectivity index (χ1) is 12.5. The van der Waals surface area contributed by atoms with Crippen molar-refractivity contribution in [2.45, 2.75) is 25.8 Å². The van der Waals surface area contributed by atoms with Crippen molar-refractivity contribution in [2.75, 3.05) is 18.4 Å². The lowest BCUT2D eigenvalue weighted by molar-refractivity contribution is 0.0915. The van der Waals surface area contributed by atoms with Crippen molar-refractivity contribution in [3.8, 4) is 0 Å². The van der Waals surface area contributed by atoms with E-state index in [-0.39, 0.29) is 17.6 Å². The molecule has 2 aromatic rings. The van der Waals surface area contributed by atoms with E-state index in [9.17, 15) is 14.0 Å².